The van der Waals surface area contributed by atoms with Crippen LogP contribution in [0.5, 0.6) is 0 Å². The molecule has 1 aromatic rings. The van der Waals surface area contributed by atoms with E-state index in [-0.39, 0.29) is 6.42 Å². The lowest BCUT2D eigenvalue weighted by Gasteiger charge is -2.17. The number of nitrogens with one attached hydrogen (secondary N) is 1. The molecule has 2 N–H and O–H groups in total. The van der Waals surface area contributed by atoms with Gasteiger partial charge in [-0.3, -0.25) is 9.52 Å². The van der Waals surface area contributed by atoms with E-state index in [4.69, 9.17) is 5.11 Å². The Kier molecular flexibility index (Phi) is 4.61. The van der Waals surface area contributed by atoms with Gasteiger partial charge in [-0.2, -0.15) is 12.7 Å². The number of benzene rings is 1. The third-order valence-electron chi connectivity index (χ3n) is 3.21. The molecule has 0 radical (unpaired) electrons. The number of aryl methyl sites for hydroxylation is 1. The van der Waals surface area contributed by atoms with Crippen LogP contribution in [0, 0.1) is 0 Å². The Morgan fingerprint density at radius 2 is 2.00 bits per heavy atom. The van der Waals surface area contributed by atoms with E-state index in [1.807, 2.05) is 0 Å². The molecular weight excluding hydrogens is 280 g/mol. The minimum Gasteiger partial charge on any atom is -0.481 e. The standard InChI is InChI=1S/C13H18N2O4S/c16-13(17)7-6-11-4-3-5-12(10-11)14-20(18,19)15-8-1-2-9-15/h3-5,10,14H,1-2,6-9H2,(H,16,17). The first-order chi connectivity index (χ1) is 9.47. The lowest BCUT2D eigenvalue weighted by Crippen LogP contribution is -2.33. The predicted molar refractivity (Wildman–Crippen MR) is 75.7 cm³/mol. The minimum absolute atomic E-state index is 0.0301. The summed E-state index contributed by atoms with van der Waals surface area (Å²) in [5, 5.41) is 8.66. The molecule has 2 rings (SSSR count). The maximum Gasteiger partial charge on any atom is 0.303 e. The molecule has 1 aromatic carbocycles. The summed E-state index contributed by atoms with van der Waals surface area (Å²) in [7, 11) is -3.49. The Bertz CT molecular complexity index is 580. The second-order valence-electron chi connectivity index (χ2n) is 4.81. The Labute approximate surface area is 118 Å². The molecule has 0 spiro atoms. The maximum absolute atomic E-state index is 12.1. The van der Waals surface area contributed by atoms with E-state index in [2.05, 4.69) is 4.72 Å². The quantitative estimate of drug-likeness (QED) is 0.832. The van der Waals surface area contributed by atoms with E-state index < -0.39 is 16.2 Å². The number of carboxylic acids is 1. The van der Waals surface area contributed by atoms with Gasteiger partial charge in [-0.15, -0.1) is 0 Å². The average molecular weight is 298 g/mol. The Balaban J connectivity index is 2.05. The molecule has 7 heteroatoms. The highest BCUT2D eigenvalue weighted by Gasteiger charge is 2.24. The molecule has 1 fully saturated rings. The SMILES string of the molecule is O=C(O)CCc1cccc(NS(=O)(=O)N2CCCC2)c1. The van der Waals surface area contributed by atoms with E-state index in [0.29, 0.717) is 25.2 Å². The van der Waals surface area contributed by atoms with Crippen LogP contribution < -0.4 is 4.72 Å². The molecule has 0 saturated carbocycles. The van der Waals surface area contributed by atoms with Crippen molar-refractivity contribution in [3.05, 3.63) is 29.8 Å². The zero-order valence-electron chi connectivity index (χ0n) is 11.1. The molecule has 20 heavy (non-hydrogen) atoms. The van der Waals surface area contributed by atoms with Crippen LogP contribution in [0.1, 0.15) is 24.8 Å². The number of carboxylic acid groups (broad SMARTS) is 1. The van der Waals surface area contributed by atoms with E-state index in [1.54, 1.807) is 24.3 Å². The number of carbonyl (C=O) groups is 1. The summed E-state index contributed by atoms with van der Waals surface area (Å²) in [5.41, 5.74) is 1.27. The fraction of sp³-hybridized carbons (Fsp3) is 0.462. The predicted octanol–water partition coefficient (Wildman–Crippen LogP) is 1.46. The van der Waals surface area contributed by atoms with Gasteiger partial charge in [-0.1, -0.05) is 12.1 Å². The number of hydrogen-bond donors (Lipinski definition) is 2. The van der Waals surface area contributed by atoms with Crippen molar-refractivity contribution in [2.75, 3.05) is 17.8 Å². The fourth-order valence-corrected chi connectivity index (χ4v) is 3.48. The van der Waals surface area contributed by atoms with Gasteiger partial charge in [0.1, 0.15) is 0 Å². The van der Waals surface area contributed by atoms with E-state index in [9.17, 15) is 13.2 Å². The summed E-state index contributed by atoms with van der Waals surface area (Å²) < 4.78 is 28.2. The molecule has 0 atom stereocenters. The van der Waals surface area contributed by atoms with Gasteiger partial charge in [0.15, 0.2) is 0 Å². The molecule has 0 aromatic heterocycles. The molecular formula is C13H18N2O4S. The fourth-order valence-electron chi connectivity index (χ4n) is 2.18. The lowest BCUT2D eigenvalue weighted by molar-refractivity contribution is -0.136. The lowest BCUT2D eigenvalue weighted by atomic mass is 10.1. The van der Waals surface area contributed by atoms with Gasteiger partial charge in [-0.05, 0) is 37.0 Å². The molecule has 0 aliphatic carbocycles. The third-order valence-corrected chi connectivity index (χ3v) is 4.74. The maximum atomic E-state index is 12.1. The van der Waals surface area contributed by atoms with Gasteiger partial charge in [0.25, 0.3) is 0 Å². The van der Waals surface area contributed by atoms with E-state index >= 15 is 0 Å². The van der Waals surface area contributed by atoms with Crippen molar-refractivity contribution in [3.8, 4) is 0 Å². The summed E-state index contributed by atoms with van der Waals surface area (Å²) >= 11 is 0. The summed E-state index contributed by atoms with van der Waals surface area (Å²) in [6, 6.07) is 6.85. The second kappa shape index (κ2) is 6.23. The number of anilines is 1. The molecule has 0 bridgehead atoms. The first-order valence-corrected chi connectivity index (χ1v) is 8.00. The Hall–Kier alpha value is -1.60. The molecule has 110 valence electrons. The number of rotatable bonds is 6. The van der Waals surface area contributed by atoms with Crippen molar-refractivity contribution in [2.24, 2.45) is 0 Å². The van der Waals surface area contributed by atoms with Crippen LogP contribution in [0.15, 0.2) is 24.3 Å². The highest BCUT2D eigenvalue weighted by atomic mass is 32.2. The number of nitrogens with zero attached hydrogens (tertiary/aromatic N) is 1. The largest absolute Gasteiger partial charge is 0.481 e. The van der Waals surface area contributed by atoms with Crippen LogP contribution in [0.3, 0.4) is 0 Å². The van der Waals surface area contributed by atoms with E-state index in [0.717, 1.165) is 18.4 Å². The molecule has 1 saturated heterocycles. The van der Waals surface area contributed by atoms with Crippen molar-refractivity contribution in [1.29, 1.82) is 0 Å². The second-order valence-corrected chi connectivity index (χ2v) is 6.48. The Morgan fingerprint density at radius 3 is 2.65 bits per heavy atom. The smallest absolute Gasteiger partial charge is 0.303 e. The highest BCUT2D eigenvalue weighted by molar-refractivity contribution is 7.90. The van der Waals surface area contributed by atoms with Crippen LogP contribution in [0.4, 0.5) is 5.69 Å². The topological polar surface area (TPSA) is 86.7 Å². The number of hydrogen-bond acceptors (Lipinski definition) is 3. The van der Waals surface area contributed by atoms with Crippen molar-refractivity contribution >= 4 is 21.9 Å². The van der Waals surface area contributed by atoms with Crippen LogP contribution in [0.25, 0.3) is 0 Å². The van der Waals surface area contributed by atoms with Crippen LogP contribution in [-0.4, -0.2) is 36.9 Å². The highest BCUT2D eigenvalue weighted by Crippen LogP contribution is 2.18. The minimum atomic E-state index is -3.49. The molecule has 1 aliphatic rings. The van der Waals surface area contributed by atoms with Crippen LogP contribution >= 0.6 is 0 Å². The first-order valence-electron chi connectivity index (χ1n) is 6.56. The molecule has 0 unspecified atom stereocenters. The summed E-state index contributed by atoms with van der Waals surface area (Å²) in [6.45, 7) is 1.10. The van der Waals surface area contributed by atoms with Gasteiger partial charge in [0, 0.05) is 19.5 Å². The zero-order valence-corrected chi connectivity index (χ0v) is 11.9. The van der Waals surface area contributed by atoms with Crippen molar-refractivity contribution in [1.82, 2.24) is 4.31 Å². The first kappa shape index (κ1) is 14.8. The summed E-state index contributed by atoms with van der Waals surface area (Å²) in [4.78, 5) is 10.5. The summed E-state index contributed by atoms with van der Waals surface area (Å²) in [5.74, 6) is -0.868. The molecule has 6 nitrogen and oxygen atoms in total. The van der Waals surface area contributed by atoms with Gasteiger partial charge in [0.05, 0.1) is 5.69 Å². The molecule has 1 aliphatic heterocycles. The number of aliphatic carboxylic acids is 1. The van der Waals surface area contributed by atoms with Gasteiger partial charge >= 0.3 is 16.2 Å². The van der Waals surface area contributed by atoms with Crippen molar-refractivity contribution in [2.45, 2.75) is 25.7 Å². The normalized spacial score (nSPS) is 16.2. The summed E-state index contributed by atoms with van der Waals surface area (Å²) in [6.07, 6.45) is 2.19. The Morgan fingerprint density at radius 1 is 1.30 bits per heavy atom. The zero-order chi connectivity index (χ0) is 14.6. The van der Waals surface area contributed by atoms with Crippen LogP contribution in [-0.2, 0) is 21.4 Å². The monoisotopic (exact) mass is 298 g/mol. The van der Waals surface area contributed by atoms with Gasteiger partial charge in [-0.25, -0.2) is 0 Å². The van der Waals surface area contributed by atoms with Crippen molar-refractivity contribution < 1.29 is 18.3 Å². The average Bonchev–Trinajstić information content (AvgIpc) is 2.91. The van der Waals surface area contributed by atoms with Crippen LogP contribution in [0.2, 0.25) is 0 Å². The molecule has 1 heterocycles. The van der Waals surface area contributed by atoms with Gasteiger partial charge in [0.2, 0.25) is 0 Å². The van der Waals surface area contributed by atoms with Gasteiger partial charge < -0.3 is 5.11 Å². The van der Waals surface area contributed by atoms with E-state index in [1.165, 1.54) is 4.31 Å². The molecule has 0 amide bonds. The van der Waals surface area contributed by atoms with Crippen molar-refractivity contribution in [3.63, 3.8) is 0 Å². The third kappa shape index (κ3) is 3.94.